The Morgan fingerprint density at radius 2 is 1.82 bits per heavy atom. The van der Waals surface area contributed by atoms with Crippen LogP contribution < -0.4 is 9.47 Å². The number of aromatic nitrogens is 5. The van der Waals surface area contributed by atoms with Gasteiger partial charge in [0.2, 0.25) is 17.4 Å². The minimum atomic E-state index is -0.835. The highest BCUT2D eigenvalue weighted by Gasteiger charge is 2.29. The number of aromatic amines is 1. The number of aryl methyl sites for hydroxylation is 1. The van der Waals surface area contributed by atoms with Crippen LogP contribution in [-0.2, 0) is 0 Å². The zero-order chi connectivity index (χ0) is 30.4. The highest BCUT2D eigenvalue weighted by atomic mass is 79.9. The van der Waals surface area contributed by atoms with E-state index in [1.54, 1.807) is 13.0 Å². The number of carbonyl (C=O) groups is 1. The van der Waals surface area contributed by atoms with Gasteiger partial charge in [0.15, 0.2) is 17.3 Å². The number of ketones is 1. The molecule has 1 N–H and O–H groups in total. The van der Waals surface area contributed by atoms with Crippen molar-refractivity contribution >= 4 is 32.6 Å². The molecule has 4 heterocycles. The Hall–Kier alpha value is -4.16. The predicted octanol–water partition coefficient (Wildman–Crippen LogP) is 6.91. The lowest BCUT2D eigenvalue weighted by molar-refractivity contribution is 0.0491. The summed E-state index contributed by atoms with van der Waals surface area (Å²) in [6, 6.07) is 11.4. The summed E-state index contributed by atoms with van der Waals surface area (Å²) in [7, 11) is 0. The maximum absolute atomic E-state index is 14.0. The summed E-state index contributed by atoms with van der Waals surface area (Å²) >= 11 is 3.64. The van der Waals surface area contributed by atoms with Crippen molar-refractivity contribution < 1.29 is 23.0 Å². The van der Waals surface area contributed by atoms with E-state index in [-0.39, 0.29) is 23.5 Å². The Kier molecular flexibility index (Phi) is 7.63. The van der Waals surface area contributed by atoms with Gasteiger partial charge in [-0.3, -0.25) is 4.79 Å². The Bertz CT molecular complexity index is 1840. The Morgan fingerprint density at radius 3 is 2.52 bits per heavy atom. The average Bonchev–Trinajstić information content (AvgIpc) is 3.63. The molecular weight excluding hydrogens is 634 g/mol. The van der Waals surface area contributed by atoms with Gasteiger partial charge < -0.3 is 19.4 Å². The number of pyridine rings is 1. The quantitative estimate of drug-likeness (QED) is 0.180. The van der Waals surface area contributed by atoms with Crippen molar-refractivity contribution in [2.45, 2.75) is 51.2 Å². The van der Waals surface area contributed by atoms with E-state index < -0.39 is 17.4 Å². The number of likely N-dealkylation sites (tertiary alicyclic amines) is 1. The number of H-pyrrole nitrogens is 1. The molecule has 1 aliphatic heterocycles. The number of benzene rings is 2. The molecule has 2 aromatic carbocycles. The molecule has 0 spiro atoms. The van der Waals surface area contributed by atoms with Crippen LogP contribution in [0.5, 0.6) is 17.4 Å². The summed E-state index contributed by atoms with van der Waals surface area (Å²) < 4.78 is 40.5. The molecule has 7 rings (SSSR count). The molecule has 1 saturated heterocycles. The van der Waals surface area contributed by atoms with E-state index in [1.807, 2.05) is 12.1 Å². The highest BCUT2D eigenvalue weighted by molar-refractivity contribution is 9.10. The van der Waals surface area contributed by atoms with E-state index in [0.29, 0.717) is 16.9 Å². The molecule has 0 bridgehead atoms. The maximum Gasteiger partial charge on any atom is 0.231 e. The van der Waals surface area contributed by atoms with Gasteiger partial charge in [-0.05, 0) is 84.4 Å². The van der Waals surface area contributed by atoms with Gasteiger partial charge in [0.05, 0.1) is 22.6 Å². The van der Waals surface area contributed by atoms with Crippen molar-refractivity contribution in [3.05, 3.63) is 87.9 Å². The summed E-state index contributed by atoms with van der Waals surface area (Å²) in [5, 5.41) is 9.47. The van der Waals surface area contributed by atoms with Gasteiger partial charge in [-0.25, -0.2) is 13.8 Å². The first-order chi connectivity index (χ1) is 21.3. The third-order valence-electron chi connectivity index (χ3n) is 8.40. The minimum Gasteiger partial charge on any atom is -0.489 e. The van der Waals surface area contributed by atoms with Crippen LogP contribution in [0.15, 0.2) is 59.3 Å². The van der Waals surface area contributed by atoms with E-state index in [0.717, 1.165) is 65.2 Å². The SMILES string of the molecule is Cc1cc(Oc2c(F)cccc2F)ncc1-n1ncc(C(=O)c2cc3cc(OC4CCN(C5CCC5)CC4)c(Br)cc3[nH]2)n1. The van der Waals surface area contributed by atoms with E-state index in [2.05, 4.69) is 41.0 Å². The van der Waals surface area contributed by atoms with Crippen molar-refractivity contribution in [3.8, 4) is 23.1 Å². The number of fused-ring (bicyclic) bond motifs is 1. The van der Waals surface area contributed by atoms with Crippen molar-refractivity contribution in [2.75, 3.05) is 13.1 Å². The molecule has 226 valence electrons. The first-order valence-electron chi connectivity index (χ1n) is 14.6. The number of halogens is 3. The topological polar surface area (TPSA) is 98.2 Å². The summed E-state index contributed by atoms with van der Waals surface area (Å²) in [6.07, 6.45) is 8.95. The van der Waals surface area contributed by atoms with E-state index in [9.17, 15) is 13.6 Å². The second-order valence-corrected chi connectivity index (χ2v) is 12.2. The second kappa shape index (κ2) is 11.7. The Labute approximate surface area is 260 Å². The van der Waals surface area contributed by atoms with Crippen molar-refractivity contribution in [2.24, 2.45) is 0 Å². The van der Waals surface area contributed by atoms with Gasteiger partial charge in [-0.15, -0.1) is 9.90 Å². The molecule has 2 fully saturated rings. The number of ether oxygens (including phenoxy) is 2. The van der Waals surface area contributed by atoms with Gasteiger partial charge in [0.25, 0.3) is 0 Å². The number of nitrogens with zero attached hydrogens (tertiary/aromatic N) is 5. The molecule has 0 radical (unpaired) electrons. The fourth-order valence-electron chi connectivity index (χ4n) is 5.73. The molecule has 0 amide bonds. The molecule has 1 saturated carbocycles. The van der Waals surface area contributed by atoms with Crippen molar-refractivity contribution in [3.63, 3.8) is 0 Å². The molecule has 0 atom stereocenters. The number of hydrogen-bond acceptors (Lipinski definition) is 7. The number of piperidine rings is 1. The summed E-state index contributed by atoms with van der Waals surface area (Å²) in [4.78, 5) is 24.6. The van der Waals surface area contributed by atoms with Crippen molar-refractivity contribution in [1.82, 2.24) is 29.9 Å². The van der Waals surface area contributed by atoms with E-state index in [1.165, 1.54) is 48.6 Å². The lowest BCUT2D eigenvalue weighted by atomic mass is 9.90. The molecule has 0 unspecified atom stereocenters. The normalized spacial score (nSPS) is 16.3. The number of nitrogens with one attached hydrogen (secondary N) is 1. The van der Waals surface area contributed by atoms with Crippen LogP contribution in [0, 0.1) is 18.6 Å². The largest absolute Gasteiger partial charge is 0.489 e. The third-order valence-corrected chi connectivity index (χ3v) is 9.02. The van der Waals surface area contributed by atoms with Crippen LogP contribution in [0.2, 0.25) is 0 Å². The summed E-state index contributed by atoms with van der Waals surface area (Å²) in [6.45, 7) is 3.89. The minimum absolute atomic E-state index is 0.00502. The number of para-hydroxylation sites is 1. The summed E-state index contributed by atoms with van der Waals surface area (Å²) in [5.41, 5.74) is 2.40. The van der Waals surface area contributed by atoms with E-state index >= 15 is 0 Å². The van der Waals surface area contributed by atoms with Gasteiger partial charge in [-0.1, -0.05) is 12.5 Å². The predicted molar refractivity (Wildman–Crippen MR) is 163 cm³/mol. The lowest BCUT2D eigenvalue weighted by Crippen LogP contribution is -2.46. The first kappa shape index (κ1) is 28.6. The van der Waals surface area contributed by atoms with Gasteiger partial charge in [0, 0.05) is 36.1 Å². The third kappa shape index (κ3) is 5.59. The van der Waals surface area contributed by atoms with Crippen LogP contribution in [-0.4, -0.2) is 60.9 Å². The molecule has 2 aliphatic rings. The highest BCUT2D eigenvalue weighted by Crippen LogP contribution is 2.34. The van der Waals surface area contributed by atoms with Gasteiger partial charge in [-0.2, -0.15) is 5.10 Å². The fourth-order valence-corrected chi connectivity index (χ4v) is 6.17. The number of rotatable bonds is 8. The van der Waals surface area contributed by atoms with Crippen LogP contribution in [0.1, 0.15) is 53.8 Å². The molecule has 9 nitrogen and oxygen atoms in total. The molecule has 3 aromatic heterocycles. The zero-order valence-electron chi connectivity index (χ0n) is 23.9. The second-order valence-electron chi connectivity index (χ2n) is 11.3. The maximum atomic E-state index is 14.0. The number of hydrogen-bond donors (Lipinski definition) is 1. The smallest absolute Gasteiger partial charge is 0.231 e. The van der Waals surface area contributed by atoms with Gasteiger partial charge in [0.1, 0.15) is 17.5 Å². The standard InChI is InChI=1S/C32H29BrF2N6O3/c1-18-12-30(44-32-23(34)6-3-7-24(32)35)36-17-28(18)41-37-16-27(39-41)31(42)26-13-19-14-29(22(33)15-25(19)38-26)43-21-8-10-40(11-9-21)20-4-2-5-20/h3,6-7,12-17,20-21,38H,2,4-5,8-11H2,1H3. The molecule has 44 heavy (non-hydrogen) atoms. The molecule has 1 aliphatic carbocycles. The van der Waals surface area contributed by atoms with E-state index in [4.69, 9.17) is 9.47 Å². The van der Waals surface area contributed by atoms with Crippen LogP contribution in [0.25, 0.3) is 16.6 Å². The van der Waals surface area contributed by atoms with Crippen molar-refractivity contribution in [1.29, 1.82) is 0 Å². The Morgan fingerprint density at radius 1 is 1.05 bits per heavy atom. The van der Waals surface area contributed by atoms with Gasteiger partial charge >= 0.3 is 0 Å². The monoisotopic (exact) mass is 662 g/mol. The fraction of sp³-hybridized carbons (Fsp3) is 0.312. The van der Waals surface area contributed by atoms with Crippen LogP contribution >= 0.6 is 15.9 Å². The van der Waals surface area contributed by atoms with Crippen LogP contribution in [0.3, 0.4) is 0 Å². The Balaban J connectivity index is 1.05. The summed E-state index contributed by atoms with van der Waals surface area (Å²) in [5.74, 6) is -1.76. The van der Waals surface area contributed by atoms with Crippen LogP contribution in [0.4, 0.5) is 8.78 Å². The number of carbonyl (C=O) groups excluding carboxylic acids is 1. The first-order valence-corrected chi connectivity index (χ1v) is 15.4. The average molecular weight is 664 g/mol. The lowest BCUT2D eigenvalue weighted by Gasteiger charge is -2.41. The molecular formula is C32H29BrF2N6O3. The zero-order valence-corrected chi connectivity index (χ0v) is 25.5. The molecule has 5 aromatic rings. The molecule has 12 heteroatoms.